The van der Waals surface area contributed by atoms with Gasteiger partial charge in [0.25, 0.3) is 5.78 Å². The Hall–Kier alpha value is -3.05. The van der Waals surface area contributed by atoms with Gasteiger partial charge in [-0.3, -0.25) is 4.79 Å². The number of halogens is 1. The molecule has 2 aromatic heterocycles. The molecule has 132 valence electrons. The van der Waals surface area contributed by atoms with Gasteiger partial charge in [0.15, 0.2) is 11.6 Å². The number of carbonyl (C=O) groups is 1. The number of aromatic nitrogens is 4. The minimum Gasteiger partial charge on any atom is -0.294 e. The molecular formula is C21H15ClN4O. The largest absolute Gasteiger partial charge is 0.294 e. The van der Waals surface area contributed by atoms with Crippen molar-refractivity contribution in [2.24, 2.45) is 0 Å². The number of nitrogens with zero attached hydrogens (tertiary/aromatic N) is 4. The predicted octanol–water partition coefficient (Wildman–Crippen LogP) is 4.36. The van der Waals surface area contributed by atoms with Crippen molar-refractivity contribution in [3.05, 3.63) is 82.6 Å². The number of hydrogen-bond acceptors (Lipinski definition) is 4. The first-order valence-electron chi connectivity index (χ1n) is 8.78. The van der Waals surface area contributed by atoms with E-state index in [4.69, 9.17) is 11.6 Å². The Morgan fingerprint density at radius 3 is 2.67 bits per heavy atom. The molecule has 5 rings (SSSR count). The zero-order valence-electron chi connectivity index (χ0n) is 14.3. The molecule has 0 fully saturated rings. The van der Waals surface area contributed by atoms with Crippen LogP contribution in [0.5, 0.6) is 0 Å². The third kappa shape index (κ3) is 2.90. The van der Waals surface area contributed by atoms with Crippen LogP contribution in [-0.4, -0.2) is 25.4 Å². The third-order valence-electron chi connectivity index (χ3n) is 4.93. The summed E-state index contributed by atoms with van der Waals surface area (Å²) in [6.45, 7) is 0. The van der Waals surface area contributed by atoms with Crippen molar-refractivity contribution in [1.29, 1.82) is 0 Å². The lowest BCUT2D eigenvalue weighted by Crippen LogP contribution is -2.21. The van der Waals surface area contributed by atoms with Crippen LogP contribution in [-0.2, 0) is 6.42 Å². The summed E-state index contributed by atoms with van der Waals surface area (Å²) in [5.41, 5.74) is 3.39. The highest BCUT2D eigenvalue weighted by molar-refractivity contribution is 6.30. The molecule has 2 aromatic carbocycles. The van der Waals surface area contributed by atoms with Crippen molar-refractivity contribution in [2.45, 2.75) is 18.8 Å². The second kappa shape index (κ2) is 6.28. The van der Waals surface area contributed by atoms with Crippen LogP contribution >= 0.6 is 11.6 Å². The summed E-state index contributed by atoms with van der Waals surface area (Å²) in [6, 6.07) is 17.4. The molecule has 0 radical (unpaired) electrons. The zero-order valence-corrected chi connectivity index (χ0v) is 15.1. The first-order chi connectivity index (χ1) is 13.2. The summed E-state index contributed by atoms with van der Waals surface area (Å²) in [4.78, 5) is 21.9. The van der Waals surface area contributed by atoms with Crippen LogP contribution in [0.15, 0.2) is 60.8 Å². The van der Waals surface area contributed by atoms with Gasteiger partial charge < -0.3 is 0 Å². The normalized spacial score (nSPS) is 16.5. The van der Waals surface area contributed by atoms with Crippen LogP contribution in [0, 0.1) is 0 Å². The van der Waals surface area contributed by atoms with Crippen LogP contribution in [0.25, 0.3) is 17.2 Å². The van der Waals surface area contributed by atoms with Crippen LogP contribution in [0.2, 0.25) is 5.02 Å². The Morgan fingerprint density at radius 2 is 1.85 bits per heavy atom. The maximum absolute atomic E-state index is 12.7. The number of rotatable bonds is 2. The van der Waals surface area contributed by atoms with E-state index in [1.54, 1.807) is 10.7 Å². The first kappa shape index (κ1) is 16.1. The number of Topliss-reactive ketones (excluding diaryl/α,β-unsaturated/α-hetero) is 1. The number of ketones is 1. The van der Waals surface area contributed by atoms with Gasteiger partial charge in [-0.15, -0.1) is 5.10 Å². The van der Waals surface area contributed by atoms with Crippen molar-refractivity contribution >= 4 is 23.2 Å². The van der Waals surface area contributed by atoms with Gasteiger partial charge >= 0.3 is 0 Å². The smallest absolute Gasteiger partial charge is 0.252 e. The van der Waals surface area contributed by atoms with E-state index in [1.807, 2.05) is 54.6 Å². The Morgan fingerprint density at radius 1 is 1.00 bits per heavy atom. The van der Waals surface area contributed by atoms with Crippen molar-refractivity contribution in [2.75, 3.05) is 0 Å². The van der Waals surface area contributed by atoms with E-state index in [9.17, 15) is 4.79 Å². The van der Waals surface area contributed by atoms with Crippen molar-refractivity contribution in [3.8, 4) is 11.4 Å². The highest BCUT2D eigenvalue weighted by atomic mass is 35.5. The van der Waals surface area contributed by atoms with Crippen molar-refractivity contribution in [3.63, 3.8) is 0 Å². The molecule has 2 heterocycles. The number of fused-ring (bicyclic) bond motifs is 2. The molecule has 0 amide bonds. The molecule has 4 aromatic rings. The van der Waals surface area contributed by atoms with Crippen molar-refractivity contribution < 1.29 is 4.79 Å². The van der Waals surface area contributed by atoms with Gasteiger partial charge in [0, 0.05) is 23.2 Å². The van der Waals surface area contributed by atoms with Gasteiger partial charge in [0.05, 0.1) is 11.3 Å². The summed E-state index contributed by atoms with van der Waals surface area (Å²) >= 11 is 6.12. The topological polar surface area (TPSA) is 60.2 Å². The molecule has 0 unspecified atom stereocenters. The Kier molecular flexibility index (Phi) is 3.76. The van der Waals surface area contributed by atoms with Gasteiger partial charge in [0.1, 0.15) is 0 Å². The van der Waals surface area contributed by atoms with E-state index in [0.717, 1.165) is 16.8 Å². The summed E-state index contributed by atoms with van der Waals surface area (Å²) in [6.07, 6.45) is 2.89. The maximum Gasteiger partial charge on any atom is 0.252 e. The summed E-state index contributed by atoms with van der Waals surface area (Å²) in [7, 11) is 0. The average molecular weight is 375 g/mol. The number of benzene rings is 2. The molecule has 6 heteroatoms. The molecule has 0 spiro atoms. The molecule has 1 aliphatic rings. The first-order valence-corrected chi connectivity index (χ1v) is 9.15. The third-order valence-corrected chi connectivity index (χ3v) is 5.17. The van der Waals surface area contributed by atoms with Gasteiger partial charge in [-0.2, -0.15) is 4.98 Å². The molecule has 0 bridgehead atoms. The average Bonchev–Trinajstić information content (AvgIpc) is 3.10. The Bertz CT molecular complexity index is 1170. The van der Waals surface area contributed by atoms with E-state index in [-0.39, 0.29) is 11.7 Å². The number of carbonyl (C=O) groups excluding carboxylic acids is 1. The Balaban J connectivity index is 1.56. The van der Waals surface area contributed by atoms with E-state index < -0.39 is 0 Å². The lowest BCUT2D eigenvalue weighted by molar-refractivity contribution is 0.0962. The standard InChI is InChI=1S/C21H15ClN4O/c22-16-8-4-7-14(9-16)15-10-18-17(19(27)11-15)12-26-21(23-18)24-20(25-26)13-5-2-1-3-6-13/h1-9,12,15H,10-11H2/t15-/m1/s1. The fraction of sp³-hybridized carbons (Fsp3) is 0.143. The number of hydrogen-bond donors (Lipinski definition) is 0. The van der Waals surface area contributed by atoms with Crippen LogP contribution < -0.4 is 0 Å². The summed E-state index contributed by atoms with van der Waals surface area (Å²) in [5.74, 6) is 1.26. The summed E-state index contributed by atoms with van der Waals surface area (Å²) < 4.78 is 1.60. The highest BCUT2D eigenvalue weighted by Crippen LogP contribution is 2.33. The van der Waals surface area contributed by atoms with E-state index in [1.165, 1.54) is 0 Å². The molecular weight excluding hydrogens is 360 g/mol. The van der Waals surface area contributed by atoms with Crippen LogP contribution in [0.1, 0.15) is 34.0 Å². The molecule has 5 nitrogen and oxygen atoms in total. The molecule has 1 aliphatic carbocycles. The summed E-state index contributed by atoms with van der Waals surface area (Å²) in [5, 5.41) is 5.17. The van der Waals surface area contributed by atoms with Gasteiger partial charge in [-0.1, -0.05) is 54.1 Å². The fourth-order valence-corrected chi connectivity index (χ4v) is 3.79. The molecule has 0 N–H and O–H groups in total. The van der Waals surface area contributed by atoms with E-state index in [0.29, 0.717) is 35.0 Å². The quantitative estimate of drug-likeness (QED) is 0.523. The molecule has 27 heavy (non-hydrogen) atoms. The maximum atomic E-state index is 12.7. The van der Waals surface area contributed by atoms with Crippen LogP contribution in [0.4, 0.5) is 0 Å². The van der Waals surface area contributed by atoms with E-state index in [2.05, 4.69) is 15.1 Å². The van der Waals surface area contributed by atoms with Gasteiger partial charge in [0.2, 0.25) is 0 Å². The van der Waals surface area contributed by atoms with Gasteiger partial charge in [-0.25, -0.2) is 9.50 Å². The molecule has 1 atom stereocenters. The Labute approximate surface area is 160 Å². The van der Waals surface area contributed by atoms with Crippen molar-refractivity contribution in [1.82, 2.24) is 19.6 Å². The lowest BCUT2D eigenvalue weighted by atomic mass is 9.82. The van der Waals surface area contributed by atoms with Crippen LogP contribution in [0.3, 0.4) is 0 Å². The predicted molar refractivity (Wildman–Crippen MR) is 103 cm³/mol. The minimum atomic E-state index is 0.0763. The lowest BCUT2D eigenvalue weighted by Gasteiger charge is -2.23. The minimum absolute atomic E-state index is 0.0763. The van der Waals surface area contributed by atoms with Gasteiger partial charge in [-0.05, 0) is 30.0 Å². The highest BCUT2D eigenvalue weighted by Gasteiger charge is 2.28. The second-order valence-electron chi connectivity index (χ2n) is 6.73. The fourth-order valence-electron chi connectivity index (χ4n) is 3.59. The molecule has 0 saturated heterocycles. The second-order valence-corrected chi connectivity index (χ2v) is 7.17. The van der Waals surface area contributed by atoms with E-state index >= 15 is 0 Å². The molecule has 0 aliphatic heterocycles. The monoisotopic (exact) mass is 374 g/mol. The molecule has 0 saturated carbocycles. The SMILES string of the molecule is O=C1C[C@H](c2cccc(Cl)c2)Cc2nc3nc(-c4ccccc4)nn3cc21. The zero-order chi connectivity index (χ0) is 18.4.